The average Bonchev–Trinajstić information content (AvgIpc) is 2.73. The molecule has 2 unspecified atom stereocenters. The lowest BCUT2D eigenvalue weighted by atomic mass is 10.1. The van der Waals surface area contributed by atoms with Crippen molar-refractivity contribution in [3.05, 3.63) is 35.4 Å². The van der Waals surface area contributed by atoms with Gasteiger partial charge in [0.05, 0.1) is 6.04 Å². The Balaban J connectivity index is 2.29. The Morgan fingerprint density at radius 2 is 2.05 bits per heavy atom. The summed E-state index contributed by atoms with van der Waals surface area (Å²) in [6.07, 6.45) is 1.97. The molecule has 1 aromatic rings. The van der Waals surface area contributed by atoms with E-state index in [2.05, 4.69) is 5.32 Å². The first-order valence-electron chi connectivity index (χ1n) is 7.10. The minimum atomic E-state index is -0.617. The first-order chi connectivity index (χ1) is 9.58. The molecule has 1 fully saturated rings. The first-order valence-corrected chi connectivity index (χ1v) is 7.10. The molecule has 1 amide bonds. The Bertz CT molecular complexity index is 493. The summed E-state index contributed by atoms with van der Waals surface area (Å²) in [4.78, 5) is 13.9. The molecule has 1 aliphatic rings. The lowest BCUT2D eigenvalue weighted by Gasteiger charge is -2.24. The molecule has 1 saturated heterocycles. The van der Waals surface area contributed by atoms with Gasteiger partial charge in [-0.3, -0.25) is 10.1 Å². The summed E-state index contributed by atoms with van der Waals surface area (Å²) in [6, 6.07) is 3.20. The van der Waals surface area contributed by atoms with Crippen LogP contribution in [0, 0.1) is 11.6 Å². The van der Waals surface area contributed by atoms with Gasteiger partial charge < -0.3 is 4.90 Å². The van der Waals surface area contributed by atoms with Crippen molar-refractivity contribution >= 4 is 5.91 Å². The number of halogens is 2. The molecule has 0 aromatic heterocycles. The molecule has 0 bridgehead atoms. The van der Waals surface area contributed by atoms with Gasteiger partial charge in [0.25, 0.3) is 0 Å². The third-order valence-corrected chi connectivity index (χ3v) is 3.67. The minimum absolute atomic E-state index is 0.00493. The van der Waals surface area contributed by atoms with E-state index in [4.69, 9.17) is 0 Å². The predicted octanol–water partition coefficient (Wildman–Crippen LogP) is 2.97. The molecule has 1 N–H and O–H groups in total. The van der Waals surface area contributed by atoms with Gasteiger partial charge >= 0.3 is 0 Å². The highest BCUT2D eigenvalue weighted by molar-refractivity contribution is 5.84. The lowest BCUT2D eigenvalue weighted by molar-refractivity contribution is -0.130. The molecule has 1 aromatic carbocycles. The Hall–Kier alpha value is -1.49. The Kier molecular flexibility index (Phi) is 4.70. The van der Waals surface area contributed by atoms with E-state index in [-0.39, 0.29) is 11.9 Å². The minimum Gasteiger partial charge on any atom is -0.321 e. The number of hydrogen-bond acceptors (Lipinski definition) is 2. The predicted molar refractivity (Wildman–Crippen MR) is 72.9 cm³/mol. The quantitative estimate of drug-likeness (QED) is 0.900. The molecule has 110 valence electrons. The largest absolute Gasteiger partial charge is 0.321 e. The van der Waals surface area contributed by atoms with Crippen molar-refractivity contribution in [1.82, 2.24) is 10.2 Å². The standard InChI is InChI=1S/C15H20F2N2O/c1-3-5-8-19-14(18-13(4-2)15(19)20)11-7-6-10(16)9-12(11)17/h6-7,9,13-14,18H,3-5,8H2,1-2H3. The van der Waals surface area contributed by atoms with Crippen molar-refractivity contribution < 1.29 is 13.6 Å². The Labute approximate surface area is 118 Å². The van der Waals surface area contributed by atoms with Crippen LogP contribution in [0.2, 0.25) is 0 Å². The van der Waals surface area contributed by atoms with Crippen LogP contribution in [0.5, 0.6) is 0 Å². The molecular weight excluding hydrogens is 262 g/mol. The van der Waals surface area contributed by atoms with Crippen LogP contribution < -0.4 is 5.32 Å². The molecule has 3 nitrogen and oxygen atoms in total. The summed E-state index contributed by atoms with van der Waals surface area (Å²) >= 11 is 0. The summed E-state index contributed by atoms with van der Waals surface area (Å²) in [6.45, 7) is 4.54. The highest BCUT2D eigenvalue weighted by Gasteiger charge is 2.39. The molecule has 0 saturated carbocycles. The number of rotatable bonds is 5. The highest BCUT2D eigenvalue weighted by atomic mass is 19.1. The fourth-order valence-corrected chi connectivity index (χ4v) is 2.52. The third-order valence-electron chi connectivity index (χ3n) is 3.67. The normalized spacial score (nSPS) is 22.6. The van der Waals surface area contributed by atoms with Crippen molar-refractivity contribution in [2.75, 3.05) is 6.54 Å². The number of nitrogens with zero attached hydrogens (tertiary/aromatic N) is 1. The number of benzene rings is 1. The summed E-state index contributed by atoms with van der Waals surface area (Å²) in [7, 11) is 0. The lowest BCUT2D eigenvalue weighted by Crippen LogP contribution is -2.32. The van der Waals surface area contributed by atoms with E-state index in [1.807, 2.05) is 13.8 Å². The zero-order chi connectivity index (χ0) is 14.7. The van der Waals surface area contributed by atoms with E-state index in [9.17, 15) is 13.6 Å². The maximum Gasteiger partial charge on any atom is 0.241 e. The Morgan fingerprint density at radius 3 is 2.65 bits per heavy atom. The van der Waals surface area contributed by atoms with Gasteiger partial charge in [0.15, 0.2) is 0 Å². The molecule has 0 radical (unpaired) electrons. The maximum absolute atomic E-state index is 13.9. The van der Waals surface area contributed by atoms with Crippen molar-refractivity contribution in [2.24, 2.45) is 0 Å². The second kappa shape index (κ2) is 6.31. The average molecular weight is 282 g/mol. The van der Waals surface area contributed by atoms with E-state index in [0.29, 0.717) is 18.5 Å². The SMILES string of the molecule is CCCCN1C(=O)C(CC)NC1c1ccc(F)cc1F. The van der Waals surface area contributed by atoms with Crippen LogP contribution >= 0.6 is 0 Å². The Morgan fingerprint density at radius 1 is 1.30 bits per heavy atom. The number of amides is 1. The van der Waals surface area contributed by atoms with Crippen molar-refractivity contribution in [2.45, 2.75) is 45.3 Å². The van der Waals surface area contributed by atoms with Crippen molar-refractivity contribution in [3.8, 4) is 0 Å². The van der Waals surface area contributed by atoms with Gasteiger partial charge in [-0.15, -0.1) is 0 Å². The second-order valence-corrected chi connectivity index (χ2v) is 5.08. The molecular formula is C15H20F2N2O. The zero-order valence-corrected chi connectivity index (χ0v) is 11.8. The van der Waals surface area contributed by atoms with Crippen LogP contribution in [0.15, 0.2) is 18.2 Å². The fraction of sp³-hybridized carbons (Fsp3) is 0.533. The van der Waals surface area contributed by atoms with Crippen molar-refractivity contribution in [3.63, 3.8) is 0 Å². The van der Waals surface area contributed by atoms with Gasteiger partial charge in [-0.05, 0) is 25.0 Å². The van der Waals surface area contributed by atoms with Gasteiger partial charge in [-0.25, -0.2) is 8.78 Å². The number of carbonyl (C=O) groups is 1. The first kappa shape index (κ1) is 14.9. The topological polar surface area (TPSA) is 32.3 Å². The molecule has 20 heavy (non-hydrogen) atoms. The number of nitrogens with one attached hydrogen (secondary N) is 1. The smallest absolute Gasteiger partial charge is 0.241 e. The van der Waals surface area contributed by atoms with E-state index in [1.54, 1.807) is 4.90 Å². The summed E-state index contributed by atoms with van der Waals surface area (Å²) in [5.41, 5.74) is 0.326. The third kappa shape index (κ3) is 2.82. The highest BCUT2D eigenvalue weighted by Crippen LogP contribution is 2.28. The molecule has 0 spiro atoms. The molecule has 0 aliphatic carbocycles. The second-order valence-electron chi connectivity index (χ2n) is 5.08. The van der Waals surface area contributed by atoms with Gasteiger partial charge in [-0.1, -0.05) is 20.3 Å². The van der Waals surface area contributed by atoms with Crippen LogP contribution in [0.1, 0.15) is 44.8 Å². The molecule has 1 aliphatic heterocycles. The number of carbonyl (C=O) groups excluding carboxylic acids is 1. The molecule has 2 rings (SSSR count). The van der Waals surface area contributed by atoms with Crippen LogP contribution in [0.3, 0.4) is 0 Å². The van der Waals surface area contributed by atoms with Crippen LogP contribution in [-0.4, -0.2) is 23.4 Å². The zero-order valence-electron chi connectivity index (χ0n) is 11.8. The van der Waals surface area contributed by atoms with Gasteiger partial charge in [0, 0.05) is 18.2 Å². The molecule has 1 heterocycles. The number of hydrogen-bond donors (Lipinski definition) is 1. The van der Waals surface area contributed by atoms with Crippen LogP contribution in [0.25, 0.3) is 0 Å². The molecule has 2 atom stereocenters. The van der Waals surface area contributed by atoms with E-state index >= 15 is 0 Å². The van der Waals surface area contributed by atoms with Gasteiger partial charge in [-0.2, -0.15) is 0 Å². The summed E-state index contributed by atoms with van der Waals surface area (Å²) < 4.78 is 27.0. The van der Waals surface area contributed by atoms with Crippen LogP contribution in [-0.2, 0) is 4.79 Å². The van der Waals surface area contributed by atoms with Gasteiger partial charge in [0.2, 0.25) is 5.91 Å². The van der Waals surface area contributed by atoms with Gasteiger partial charge in [0.1, 0.15) is 17.8 Å². The van der Waals surface area contributed by atoms with E-state index < -0.39 is 17.8 Å². The molecule has 5 heteroatoms. The summed E-state index contributed by atoms with van der Waals surface area (Å²) in [5.74, 6) is -1.23. The van der Waals surface area contributed by atoms with E-state index in [0.717, 1.165) is 18.9 Å². The number of unbranched alkanes of at least 4 members (excludes halogenated alkanes) is 1. The maximum atomic E-state index is 13.9. The van der Waals surface area contributed by atoms with Crippen LogP contribution in [0.4, 0.5) is 8.78 Å². The van der Waals surface area contributed by atoms with Crippen molar-refractivity contribution in [1.29, 1.82) is 0 Å². The summed E-state index contributed by atoms with van der Waals surface area (Å²) in [5, 5.41) is 3.14. The fourth-order valence-electron chi connectivity index (χ4n) is 2.52. The monoisotopic (exact) mass is 282 g/mol. The van der Waals surface area contributed by atoms with E-state index in [1.165, 1.54) is 12.1 Å².